The van der Waals surface area contributed by atoms with Crippen LogP contribution in [-0.2, 0) is 4.79 Å². The van der Waals surface area contributed by atoms with Gasteiger partial charge in [-0.1, -0.05) is 63.0 Å². The first-order valence-electron chi connectivity index (χ1n) is 10.6. The molecule has 2 nitrogen and oxygen atoms in total. The molecule has 0 aromatic heterocycles. The van der Waals surface area contributed by atoms with E-state index in [-0.39, 0.29) is 5.91 Å². The second-order valence-electron chi connectivity index (χ2n) is 7.13. The molecule has 25 heavy (non-hydrogen) atoms. The fourth-order valence-corrected chi connectivity index (χ4v) is 3.16. The molecule has 0 unspecified atom stereocenters. The normalized spacial score (nSPS) is 15.8. The van der Waals surface area contributed by atoms with Gasteiger partial charge in [0.1, 0.15) is 0 Å². The quantitative estimate of drug-likeness (QED) is 0.160. The highest BCUT2D eigenvalue weighted by atomic mass is 16.2. The third-order valence-corrected chi connectivity index (χ3v) is 4.79. The van der Waals surface area contributed by atoms with Crippen molar-refractivity contribution >= 4 is 5.91 Å². The lowest BCUT2D eigenvalue weighted by atomic mass is 10.1. The lowest BCUT2D eigenvalue weighted by Crippen LogP contribution is -2.34. The summed E-state index contributed by atoms with van der Waals surface area (Å²) in [6, 6.07) is 0. The first-order valence-corrected chi connectivity index (χ1v) is 10.6. The summed E-state index contributed by atoms with van der Waals surface area (Å²) >= 11 is 0. The Morgan fingerprint density at radius 1 is 0.760 bits per heavy atom. The van der Waals surface area contributed by atoms with Gasteiger partial charge in [-0.3, -0.25) is 4.79 Å². The molecule has 0 aliphatic carbocycles. The van der Waals surface area contributed by atoms with Gasteiger partial charge >= 0.3 is 0 Å². The number of nitrogens with zero attached hydrogens (tertiary/aromatic N) is 1. The van der Waals surface area contributed by atoms with Gasteiger partial charge in [0.2, 0.25) is 5.91 Å². The Labute approximate surface area is 156 Å². The van der Waals surface area contributed by atoms with E-state index in [0.29, 0.717) is 0 Å². The van der Waals surface area contributed by atoms with Gasteiger partial charge in [0.15, 0.2) is 0 Å². The third kappa shape index (κ3) is 12.7. The number of carbonyl (C=O) groups excluding carboxylic acids is 1. The zero-order chi connectivity index (χ0) is 18.0. The zero-order valence-corrected chi connectivity index (χ0v) is 16.4. The van der Waals surface area contributed by atoms with Crippen molar-refractivity contribution in [2.24, 2.45) is 0 Å². The summed E-state index contributed by atoms with van der Waals surface area (Å²) in [5.41, 5.74) is 0. The van der Waals surface area contributed by atoms with Crippen LogP contribution in [0.3, 0.4) is 0 Å². The molecule has 142 valence electrons. The van der Waals surface area contributed by atoms with Crippen LogP contribution in [0, 0.1) is 0 Å². The standard InChI is InChI=1S/C23H39NO/c1-2-3-4-5-6-7-8-9-10-11-12-13-14-15-17-20-23(25)24-21-18-16-19-22-24/h6-7,14-15,17,20H,2-5,8-13,16,18-19,21-22H2,1H3/b7-6+,15-14-,20-17+. The smallest absolute Gasteiger partial charge is 0.246 e. The van der Waals surface area contributed by atoms with Crippen LogP contribution in [0.15, 0.2) is 36.5 Å². The molecule has 0 atom stereocenters. The molecule has 0 spiro atoms. The molecule has 2 heteroatoms. The Morgan fingerprint density at radius 2 is 1.36 bits per heavy atom. The molecule has 1 saturated heterocycles. The van der Waals surface area contributed by atoms with Gasteiger partial charge in [-0.15, -0.1) is 0 Å². The molecule has 1 rings (SSSR count). The first kappa shape index (κ1) is 21.7. The van der Waals surface area contributed by atoms with Gasteiger partial charge in [0.25, 0.3) is 0 Å². The Hall–Kier alpha value is -1.31. The van der Waals surface area contributed by atoms with Crippen LogP contribution >= 0.6 is 0 Å². The monoisotopic (exact) mass is 345 g/mol. The van der Waals surface area contributed by atoms with E-state index in [0.717, 1.165) is 32.4 Å². The highest BCUT2D eigenvalue weighted by Crippen LogP contribution is 2.09. The fourth-order valence-electron chi connectivity index (χ4n) is 3.16. The number of likely N-dealkylation sites (tertiary alicyclic amines) is 1. The second-order valence-corrected chi connectivity index (χ2v) is 7.13. The summed E-state index contributed by atoms with van der Waals surface area (Å²) in [7, 11) is 0. The van der Waals surface area contributed by atoms with Crippen LogP contribution in [-0.4, -0.2) is 23.9 Å². The number of allylic oxidation sites excluding steroid dienone is 5. The Bertz CT molecular complexity index is 402. The maximum absolute atomic E-state index is 11.9. The van der Waals surface area contributed by atoms with Crippen LogP contribution < -0.4 is 0 Å². The van der Waals surface area contributed by atoms with Crippen molar-refractivity contribution in [2.75, 3.05) is 13.1 Å². The summed E-state index contributed by atoms with van der Waals surface area (Å²) in [6.45, 7) is 4.12. The molecule has 1 amide bonds. The number of carbonyl (C=O) groups is 1. The number of unbranched alkanes of at least 4 members (excludes halogenated alkanes) is 8. The first-order chi connectivity index (χ1) is 12.3. The van der Waals surface area contributed by atoms with Gasteiger partial charge in [-0.05, 0) is 57.8 Å². The van der Waals surface area contributed by atoms with Crippen molar-refractivity contribution in [3.8, 4) is 0 Å². The number of hydrogen-bond acceptors (Lipinski definition) is 1. The van der Waals surface area contributed by atoms with Gasteiger partial charge in [-0.2, -0.15) is 0 Å². The summed E-state index contributed by atoms with van der Waals surface area (Å²) < 4.78 is 0. The van der Waals surface area contributed by atoms with E-state index in [1.165, 1.54) is 64.2 Å². The summed E-state index contributed by atoms with van der Waals surface area (Å²) in [5.74, 6) is 0.173. The van der Waals surface area contributed by atoms with E-state index in [1.54, 1.807) is 6.08 Å². The molecule has 0 saturated carbocycles. The minimum atomic E-state index is 0.173. The van der Waals surface area contributed by atoms with Gasteiger partial charge < -0.3 is 4.90 Å². The van der Waals surface area contributed by atoms with E-state index in [1.807, 2.05) is 17.1 Å². The molecular weight excluding hydrogens is 306 g/mol. The zero-order valence-electron chi connectivity index (χ0n) is 16.4. The molecule has 1 heterocycles. The number of hydrogen-bond donors (Lipinski definition) is 0. The molecule has 0 aromatic rings. The predicted octanol–water partition coefficient (Wildman–Crippen LogP) is 6.59. The van der Waals surface area contributed by atoms with Crippen molar-refractivity contribution in [1.29, 1.82) is 0 Å². The van der Waals surface area contributed by atoms with Crippen molar-refractivity contribution in [3.63, 3.8) is 0 Å². The van der Waals surface area contributed by atoms with Crippen LogP contribution in [0.2, 0.25) is 0 Å². The van der Waals surface area contributed by atoms with Crippen molar-refractivity contribution in [3.05, 3.63) is 36.5 Å². The van der Waals surface area contributed by atoms with Crippen molar-refractivity contribution in [2.45, 2.75) is 90.4 Å². The minimum absolute atomic E-state index is 0.173. The van der Waals surface area contributed by atoms with Crippen LogP contribution in [0.5, 0.6) is 0 Å². The highest BCUT2D eigenvalue weighted by molar-refractivity contribution is 5.87. The Morgan fingerprint density at radius 3 is 2.00 bits per heavy atom. The molecule has 0 N–H and O–H groups in total. The molecule has 0 radical (unpaired) electrons. The lowest BCUT2D eigenvalue weighted by Gasteiger charge is -2.25. The van der Waals surface area contributed by atoms with Crippen molar-refractivity contribution in [1.82, 2.24) is 4.90 Å². The fraction of sp³-hybridized carbons (Fsp3) is 0.696. The van der Waals surface area contributed by atoms with Gasteiger partial charge in [0.05, 0.1) is 0 Å². The lowest BCUT2D eigenvalue weighted by molar-refractivity contribution is -0.126. The topological polar surface area (TPSA) is 20.3 Å². The maximum Gasteiger partial charge on any atom is 0.246 e. The average Bonchev–Trinajstić information content (AvgIpc) is 2.65. The Kier molecular flexibility index (Phi) is 14.1. The molecule has 1 aliphatic heterocycles. The van der Waals surface area contributed by atoms with Crippen LogP contribution in [0.1, 0.15) is 90.4 Å². The average molecular weight is 346 g/mol. The summed E-state index contributed by atoms with van der Waals surface area (Å²) in [4.78, 5) is 13.9. The largest absolute Gasteiger partial charge is 0.339 e. The van der Waals surface area contributed by atoms with Gasteiger partial charge in [0, 0.05) is 19.2 Å². The number of piperidine rings is 1. The molecule has 0 aromatic carbocycles. The highest BCUT2D eigenvalue weighted by Gasteiger charge is 2.12. The van der Waals surface area contributed by atoms with Gasteiger partial charge in [-0.25, -0.2) is 0 Å². The maximum atomic E-state index is 11.9. The van der Waals surface area contributed by atoms with E-state index < -0.39 is 0 Å². The number of amides is 1. The number of rotatable bonds is 13. The van der Waals surface area contributed by atoms with E-state index in [9.17, 15) is 4.79 Å². The van der Waals surface area contributed by atoms with Crippen LogP contribution in [0.25, 0.3) is 0 Å². The minimum Gasteiger partial charge on any atom is -0.339 e. The van der Waals surface area contributed by atoms with E-state index in [2.05, 4.69) is 25.2 Å². The molecule has 1 fully saturated rings. The predicted molar refractivity (Wildman–Crippen MR) is 110 cm³/mol. The van der Waals surface area contributed by atoms with E-state index >= 15 is 0 Å². The van der Waals surface area contributed by atoms with Crippen LogP contribution in [0.4, 0.5) is 0 Å². The Balaban J connectivity index is 1.91. The molecular formula is C23H39NO. The second kappa shape index (κ2) is 16.2. The third-order valence-electron chi connectivity index (χ3n) is 4.79. The summed E-state index contributed by atoms with van der Waals surface area (Å²) in [5, 5.41) is 0. The molecule has 0 bridgehead atoms. The van der Waals surface area contributed by atoms with Crippen molar-refractivity contribution < 1.29 is 4.79 Å². The SMILES string of the molecule is CCCCC/C=C/CCCCCC/C=C\C=C\C(=O)N1CCCCC1. The summed E-state index contributed by atoms with van der Waals surface area (Å²) in [6.07, 6.45) is 29.0. The van der Waals surface area contributed by atoms with E-state index in [4.69, 9.17) is 0 Å². The molecule has 1 aliphatic rings.